The third-order valence-corrected chi connectivity index (χ3v) is 3.14. The molecule has 0 aliphatic heterocycles. The molecule has 86 valence electrons. The summed E-state index contributed by atoms with van der Waals surface area (Å²) in [4.78, 5) is 15.2. The summed E-state index contributed by atoms with van der Waals surface area (Å²) in [6, 6.07) is 6.87. The van der Waals surface area contributed by atoms with Crippen LogP contribution >= 0.6 is 0 Å². The Morgan fingerprint density at radius 3 is 2.76 bits per heavy atom. The van der Waals surface area contributed by atoms with Crippen molar-refractivity contribution in [2.24, 2.45) is 0 Å². The zero-order valence-electron chi connectivity index (χ0n) is 9.18. The lowest BCUT2D eigenvalue weighted by molar-refractivity contribution is 0.0697. The fourth-order valence-corrected chi connectivity index (χ4v) is 2.06. The van der Waals surface area contributed by atoms with E-state index < -0.39 is 5.97 Å². The molecule has 1 aromatic carbocycles. The van der Waals surface area contributed by atoms with E-state index >= 15 is 0 Å². The molecule has 1 aliphatic carbocycles. The van der Waals surface area contributed by atoms with Gasteiger partial charge in [0.25, 0.3) is 0 Å². The second-order valence-electron chi connectivity index (χ2n) is 4.45. The van der Waals surface area contributed by atoms with Crippen LogP contribution in [0.2, 0.25) is 0 Å². The highest BCUT2D eigenvalue weighted by molar-refractivity contribution is 5.93. The van der Waals surface area contributed by atoms with Gasteiger partial charge < -0.3 is 10.8 Å². The number of hydrogen-bond acceptors (Lipinski definition) is 3. The molecule has 2 aromatic rings. The summed E-state index contributed by atoms with van der Waals surface area (Å²) >= 11 is 0. The molecule has 0 saturated heterocycles. The monoisotopic (exact) mass is 228 g/mol. The Balaban J connectivity index is 2.20. The molecule has 17 heavy (non-hydrogen) atoms. The minimum atomic E-state index is -0.920. The molecule has 0 atom stereocenters. The molecule has 4 heteroatoms. The number of anilines is 1. The van der Waals surface area contributed by atoms with Gasteiger partial charge in [0, 0.05) is 5.39 Å². The molecule has 1 heterocycles. The number of aromatic carboxylic acids is 1. The standard InChI is InChI=1S/C13H12N2O2/c14-12-10(7-1-2-7)6-9-5-8(13(16)17)3-4-11(9)15-12/h3-7H,1-2H2,(H2,14,15)(H,16,17). The summed E-state index contributed by atoms with van der Waals surface area (Å²) in [7, 11) is 0. The van der Waals surface area contributed by atoms with Gasteiger partial charge in [0.2, 0.25) is 0 Å². The number of hydrogen-bond donors (Lipinski definition) is 2. The van der Waals surface area contributed by atoms with Gasteiger partial charge in [-0.1, -0.05) is 0 Å². The minimum absolute atomic E-state index is 0.283. The summed E-state index contributed by atoms with van der Waals surface area (Å²) in [5.74, 6) is 0.167. The normalized spacial score (nSPS) is 15.1. The lowest BCUT2D eigenvalue weighted by atomic mass is 10.1. The van der Waals surface area contributed by atoms with Crippen LogP contribution in [-0.2, 0) is 0 Å². The van der Waals surface area contributed by atoms with Crippen molar-refractivity contribution in [1.82, 2.24) is 4.98 Å². The summed E-state index contributed by atoms with van der Waals surface area (Å²) in [6.07, 6.45) is 2.30. The Labute approximate surface area is 98.1 Å². The first-order valence-electron chi connectivity index (χ1n) is 5.58. The molecule has 0 unspecified atom stereocenters. The van der Waals surface area contributed by atoms with Gasteiger partial charge in [-0.3, -0.25) is 0 Å². The Bertz CT molecular complexity index is 618. The lowest BCUT2D eigenvalue weighted by Crippen LogP contribution is -1.99. The number of carbonyl (C=O) groups is 1. The average Bonchev–Trinajstić information content (AvgIpc) is 3.11. The van der Waals surface area contributed by atoms with Crippen molar-refractivity contribution < 1.29 is 9.90 Å². The molecule has 3 rings (SSSR count). The topological polar surface area (TPSA) is 76.2 Å². The van der Waals surface area contributed by atoms with Crippen LogP contribution in [0.25, 0.3) is 10.9 Å². The quantitative estimate of drug-likeness (QED) is 0.827. The molecular formula is C13H12N2O2. The Morgan fingerprint density at radius 1 is 1.35 bits per heavy atom. The molecule has 0 spiro atoms. The number of carboxylic acid groups (broad SMARTS) is 1. The highest BCUT2D eigenvalue weighted by Crippen LogP contribution is 2.43. The predicted molar refractivity (Wildman–Crippen MR) is 65.1 cm³/mol. The number of nitrogens with two attached hydrogens (primary N) is 1. The lowest BCUT2D eigenvalue weighted by Gasteiger charge is -2.06. The minimum Gasteiger partial charge on any atom is -0.478 e. The third-order valence-electron chi connectivity index (χ3n) is 3.14. The number of nitrogen functional groups attached to an aromatic ring is 1. The van der Waals surface area contributed by atoms with Crippen LogP contribution in [-0.4, -0.2) is 16.1 Å². The molecule has 1 saturated carbocycles. The zero-order valence-corrected chi connectivity index (χ0v) is 9.18. The van der Waals surface area contributed by atoms with Crippen molar-refractivity contribution >= 4 is 22.7 Å². The van der Waals surface area contributed by atoms with Gasteiger partial charge in [-0.05, 0) is 48.6 Å². The molecule has 0 amide bonds. The van der Waals surface area contributed by atoms with Crippen LogP contribution in [0, 0.1) is 0 Å². The predicted octanol–water partition coefficient (Wildman–Crippen LogP) is 2.39. The average molecular weight is 228 g/mol. The van der Waals surface area contributed by atoms with Crippen molar-refractivity contribution in [3.05, 3.63) is 35.4 Å². The van der Waals surface area contributed by atoms with Crippen LogP contribution < -0.4 is 5.73 Å². The number of rotatable bonds is 2. The number of benzene rings is 1. The van der Waals surface area contributed by atoms with E-state index in [1.807, 2.05) is 6.07 Å². The van der Waals surface area contributed by atoms with Crippen molar-refractivity contribution in [1.29, 1.82) is 0 Å². The highest BCUT2D eigenvalue weighted by atomic mass is 16.4. The van der Waals surface area contributed by atoms with Crippen molar-refractivity contribution in [2.75, 3.05) is 5.73 Å². The first kappa shape index (κ1) is 10.1. The Kier molecular flexibility index (Phi) is 2.04. The van der Waals surface area contributed by atoms with Gasteiger partial charge in [0.05, 0.1) is 11.1 Å². The SMILES string of the molecule is Nc1nc2ccc(C(=O)O)cc2cc1C1CC1. The van der Waals surface area contributed by atoms with Crippen molar-refractivity contribution in [3.8, 4) is 0 Å². The summed E-state index contributed by atoms with van der Waals surface area (Å²) in [6.45, 7) is 0. The van der Waals surface area contributed by atoms with E-state index in [0.29, 0.717) is 11.7 Å². The number of carboxylic acids is 1. The van der Waals surface area contributed by atoms with E-state index in [-0.39, 0.29) is 5.56 Å². The van der Waals surface area contributed by atoms with Gasteiger partial charge in [-0.25, -0.2) is 9.78 Å². The van der Waals surface area contributed by atoms with Crippen LogP contribution in [0.4, 0.5) is 5.82 Å². The summed E-state index contributed by atoms with van der Waals surface area (Å²) in [5.41, 5.74) is 7.98. The Morgan fingerprint density at radius 2 is 2.12 bits per heavy atom. The van der Waals surface area contributed by atoms with Gasteiger partial charge in [-0.2, -0.15) is 0 Å². The second-order valence-corrected chi connectivity index (χ2v) is 4.45. The van der Waals surface area contributed by atoms with Crippen LogP contribution in [0.15, 0.2) is 24.3 Å². The van der Waals surface area contributed by atoms with Crippen LogP contribution in [0.3, 0.4) is 0 Å². The molecule has 0 radical (unpaired) electrons. The second kappa shape index (κ2) is 3.45. The van der Waals surface area contributed by atoms with E-state index in [1.54, 1.807) is 18.2 Å². The molecule has 1 aliphatic rings. The maximum Gasteiger partial charge on any atom is 0.335 e. The van der Waals surface area contributed by atoms with E-state index in [4.69, 9.17) is 10.8 Å². The molecule has 0 bridgehead atoms. The van der Waals surface area contributed by atoms with Crippen molar-refractivity contribution in [2.45, 2.75) is 18.8 Å². The Hall–Kier alpha value is -2.10. The first-order valence-corrected chi connectivity index (χ1v) is 5.58. The van der Waals surface area contributed by atoms with Gasteiger partial charge >= 0.3 is 5.97 Å². The third kappa shape index (κ3) is 1.71. The molecular weight excluding hydrogens is 216 g/mol. The van der Waals surface area contributed by atoms with E-state index in [0.717, 1.165) is 29.3 Å². The van der Waals surface area contributed by atoms with Gasteiger partial charge in [-0.15, -0.1) is 0 Å². The smallest absolute Gasteiger partial charge is 0.335 e. The number of pyridine rings is 1. The number of fused-ring (bicyclic) bond motifs is 1. The molecule has 4 nitrogen and oxygen atoms in total. The van der Waals surface area contributed by atoms with Gasteiger partial charge in [0.1, 0.15) is 5.82 Å². The van der Waals surface area contributed by atoms with Gasteiger partial charge in [0.15, 0.2) is 0 Å². The van der Waals surface area contributed by atoms with Crippen LogP contribution in [0.1, 0.15) is 34.7 Å². The summed E-state index contributed by atoms with van der Waals surface area (Å²) < 4.78 is 0. The first-order chi connectivity index (χ1) is 8.15. The highest BCUT2D eigenvalue weighted by Gasteiger charge is 2.26. The molecule has 1 aromatic heterocycles. The summed E-state index contributed by atoms with van der Waals surface area (Å²) in [5, 5.41) is 9.79. The maximum atomic E-state index is 10.9. The van der Waals surface area contributed by atoms with Crippen molar-refractivity contribution in [3.63, 3.8) is 0 Å². The van der Waals surface area contributed by atoms with E-state index in [1.165, 1.54) is 0 Å². The number of nitrogens with zero attached hydrogens (tertiary/aromatic N) is 1. The van der Waals surface area contributed by atoms with Crippen LogP contribution in [0.5, 0.6) is 0 Å². The largest absolute Gasteiger partial charge is 0.478 e. The fourth-order valence-electron chi connectivity index (χ4n) is 2.06. The zero-order chi connectivity index (χ0) is 12.0. The number of aromatic nitrogens is 1. The van der Waals surface area contributed by atoms with E-state index in [9.17, 15) is 4.79 Å². The maximum absolute atomic E-state index is 10.9. The molecule has 3 N–H and O–H groups in total. The van der Waals surface area contributed by atoms with E-state index in [2.05, 4.69) is 4.98 Å². The molecule has 1 fully saturated rings. The fraction of sp³-hybridized carbons (Fsp3) is 0.231.